The number of hydrogen-bond donors (Lipinski definition) is 0. The van der Waals surface area contributed by atoms with Crippen LogP contribution in [0.1, 0.15) is 12.6 Å². The number of nitrogens with zero attached hydrogens (tertiary/aromatic N) is 4. The second kappa shape index (κ2) is 8.49. The fraction of sp³-hybridized carbons (Fsp3) is 0.0833. The van der Waals surface area contributed by atoms with Gasteiger partial charge in [0.1, 0.15) is 4.70 Å². The molecule has 0 spiro atoms. The Bertz CT molecular complexity index is 1460. The van der Waals surface area contributed by atoms with Gasteiger partial charge in [0.05, 0.1) is 29.8 Å². The molecule has 0 saturated heterocycles. The third-order valence-corrected chi connectivity index (χ3v) is 6.99. The second-order valence-electron chi connectivity index (χ2n) is 7.18. The molecule has 0 saturated carbocycles. The molecule has 8 heteroatoms. The number of aromatic nitrogens is 3. The van der Waals surface area contributed by atoms with Crippen molar-refractivity contribution in [1.29, 1.82) is 0 Å². The van der Waals surface area contributed by atoms with Gasteiger partial charge in [0.2, 0.25) is 5.91 Å². The summed E-state index contributed by atoms with van der Waals surface area (Å²) in [7, 11) is 0. The summed E-state index contributed by atoms with van der Waals surface area (Å²) < 4.78 is 2.18. The molecule has 3 heterocycles. The minimum atomic E-state index is -0.121. The van der Waals surface area contributed by atoms with Gasteiger partial charge in [-0.05, 0) is 23.8 Å². The molecule has 158 valence electrons. The summed E-state index contributed by atoms with van der Waals surface area (Å²) in [5, 5.41) is 2.44. The van der Waals surface area contributed by atoms with Gasteiger partial charge >= 0.3 is 0 Å². The maximum absolute atomic E-state index is 13.1. The maximum Gasteiger partial charge on any atom is 0.271 e. The van der Waals surface area contributed by atoms with Crippen molar-refractivity contribution in [1.82, 2.24) is 14.5 Å². The fourth-order valence-electron chi connectivity index (χ4n) is 3.45. The highest BCUT2D eigenvalue weighted by Crippen LogP contribution is 2.31. The van der Waals surface area contributed by atoms with Crippen LogP contribution in [0.15, 0.2) is 83.2 Å². The smallest absolute Gasteiger partial charge is 0.271 e. The van der Waals surface area contributed by atoms with Gasteiger partial charge in [0.25, 0.3) is 5.56 Å². The Morgan fingerprint density at radius 1 is 1.06 bits per heavy atom. The second-order valence-corrected chi connectivity index (χ2v) is 9.07. The molecule has 0 aliphatic carbocycles. The maximum atomic E-state index is 13.1. The number of benzene rings is 2. The van der Waals surface area contributed by atoms with E-state index in [1.165, 1.54) is 29.6 Å². The average Bonchev–Trinajstić information content (AvgIpc) is 3.45. The number of hydrogen-bond acceptors (Lipinski definition) is 6. The number of fused-ring (bicyclic) bond motifs is 1. The molecule has 5 aromatic rings. The summed E-state index contributed by atoms with van der Waals surface area (Å²) in [5.41, 5.74) is 3.13. The topological polar surface area (TPSA) is 68.1 Å². The van der Waals surface area contributed by atoms with Crippen LogP contribution in [0.25, 0.3) is 20.7 Å². The van der Waals surface area contributed by atoms with E-state index < -0.39 is 0 Å². The van der Waals surface area contributed by atoms with Crippen molar-refractivity contribution in [2.75, 3.05) is 4.90 Å². The molecule has 0 radical (unpaired) electrons. The molecular formula is C24H18N4O2S2. The third kappa shape index (κ3) is 3.86. The van der Waals surface area contributed by atoms with Gasteiger partial charge in [-0.25, -0.2) is 9.97 Å². The van der Waals surface area contributed by atoms with Crippen LogP contribution < -0.4 is 10.5 Å². The summed E-state index contributed by atoms with van der Waals surface area (Å²) in [5.74, 6) is -0.121. The Morgan fingerprint density at radius 3 is 2.50 bits per heavy atom. The Balaban J connectivity index is 1.45. The van der Waals surface area contributed by atoms with Crippen molar-refractivity contribution < 1.29 is 4.79 Å². The predicted molar refractivity (Wildman–Crippen MR) is 130 cm³/mol. The lowest BCUT2D eigenvalue weighted by atomic mass is 10.2. The van der Waals surface area contributed by atoms with Crippen LogP contribution in [0, 0.1) is 0 Å². The lowest BCUT2D eigenvalue weighted by Gasteiger charge is -2.17. The molecule has 0 atom stereocenters. The first-order chi connectivity index (χ1) is 15.6. The first-order valence-electron chi connectivity index (χ1n) is 9.95. The van der Waals surface area contributed by atoms with Crippen molar-refractivity contribution in [3.05, 3.63) is 94.5 Å². The van der Waals surface area contributed by atoms with Gasteiger partial charge in [-0.3, -0.25) is 19.1 Å². The van der Waals surface area contributed by atoms with E-state index >= 15 is 0 Å². The van der Waals surface area contributed by atoms with E-state index in [2.05, 4.69) is 9.97 Å². The van der Waals surface area contributed by atoms with E-state index in [0.717, 1.165) is 16.1 Å². The quantitative estimate of drug-likeness (QED) is 0.358. The number of carbonyl (C=O) groups is 1. The van der Waals surface area contributed by atoms with Crippen molar-refractivity contribution in [2.24, 2.45) is 0 Å². The Labute approximate surface area is 192 Å². The summed E-state index contributed by atoms with van der Waals surface area (Å²) >= 11 is 2.82. The van der Waals surface area contributed by atoms with Crippen molar-refractivity contribution >= 4 is 49.6 Å². The number of thiophene rings is 1. The van der Waals surface area contributed by atoms with E-state index in [9.17, 15) is 9.59 Å². The molecule has 3 aromatic heterocycles. The molecule has 2 aromatic carbocycles. The molecule has 0 aliphatic rings. The molecule has 0 unspecified atom stereocenters. The lowest BCUT2D eigenvalue weighted by molar-refractivity contribution is -0.115. The molecule has 0 fully saturated rings. The van der Waals surface area contributed by atoms with E-state index in [0.29, 0.717) is 21.0 Å². The van der Waals surface area contributed by atoms with Gasteiger partial charge in [0.15, 0.2) is 5.13 Å². The molecule has 32 heavy (non-hydrogen) atoms. The van der Waals surface area contributed by atoms with Gasteiger partial charge in [0, 0.05) is 17.2 Å². The fourth-order valence-corrected chi connectivity index (χ4v) is 5.40. The minimum Gasteiger partial charge on any atom is -0.292 e. The summed E-state index contributed by atoms with van der Waals surface area (Å²) in [6, 6.07) is 21.3. The highest BCUT2D eigenvalue weighted by Gasteiger charge is 2.18. The Morgan fingerprint density at radius 2 is 1.78 bits per heavy atom. The molecule has 0 N–H and O–H groups in total. The van der Waals surface area contributed by atoms with E-state index in [4.69, 9.17) is 0 Å². The molecule has 5 rings (SSSR count). The molecule has 6 nitrogen and oxygen atoms in total. The Hall–Kier alpha value is -3.62. The molecule has 0 aliphatic heterocycles. The van der Waals surface area contributed by atoms with Crippen LogP contribution in [0.5, 0.6) is 0 Å². The SMILES string of the molecule is CC(=O)N(c1ccccc1)c1nc(Cn2cnc3cc(-c4ccccc4)sc3c2=O)cs1. The third-order valence-electron chi connectivity index (χ3n) is 4.95. The van der Waals surface area contributed by atoms with Gasteiger partial charge in [-0.2, -0.15) is 0 Å². The first-order valence-corrected chi connectivity index (χ1v) is 11.6. The first kappa shape index (κ1) is 20.3. The zero-order chi connectivity index (χ0) is 22.1. The van der Waals surface area contributed by atoms with Gasteiger partial charge in [-0.1, -0.05) is 48.5 Å². The van der Waals surface area contributed by atoms with Crippen LogP contribution in [0.2, 0.25) is 0 Å². The Kier molecular flexibility index (Phi) is 5.38. The average molecular weight is 459 g/mol. The standard InChI is InChI=1S/C24H18N4O2S2/c1-16(29)28(19-10-6-3-7-11-19)24-26-18(14-31-24)13-27-15-25-20-12-21(32-22(20)23(27)30)17-8-4-2-5-9-17/h2-12,14-15H,13H2,1H3. The van der Waals surface area contributed by atoms with E-state index in [1.807, 2.05) is 72.1 Å². The molecular weight excluding hydrogens is 440 g/mol. The highest BCUT2D eigenvalue weighted by atomic mass is 32.1. The number of thiazole rings is 1. The highest BCUT2D eigenvalue weighted by molar-refractivity contribution is 7.22. The molecule has 0 bridgehead atoms. The van der Waals surface area contributed by atoms with E-state index in [1.54, 1.807) is 15.8 Å². The number of carbonyl (C=O) groups excluding carboxylic acids is 1. The number of amides is 1. The van der Waals surface area contributed by atoms with Crippen LogP contribution in [0.3, 0.4) is 0 Å². The summed E-state index contributed by atoms with van der Waals surface area (Å²) in [6.45, 7) is 1.80. The largest absolute Gasteiger partial charge is 0.292 e. The van der Waals surface area contributed by atoms with Crippen LogP contribution in [-0.2, 0) is 11.3 Å². The molecule has 1 amide bonds. The number of anilines is 2. The van der Waals surface area contributed by atoms with Crippen molar-refractivity contribution in [2.45, 2.75) is 13.5 Å². The lowest BCUT2D eigenvalue weighted by Crippen LogP contribution is -2.23. The van der Waals surface area contributed by atoms with Crippen LogP contribution >= 0.6 is 22.7 Å². The van der Waals surface area contributed by atoms with Gasteiger partial charge < -0.3 is 0 Å². The minimum absolute atomic E-state index is 0.0942. The number of para-hydroxylation sites is 1. The van der Waals surface area contributed by atoms with Crippen molar-refractivity contribution in [3.63, 3.8) is 0 Å². The normalized spacial score (nSPS) is 11.0. The van der Waals surface area contributed by atoms with Crippen LogP contribution in [0.4, 0.5) is 10.8 Å². The zero-order valence-corrected chi connectivity index (χ0v) is 18.8. The predicted octanol–water partition coefficient (Wildman–Crippen LogP) is 5.31. The van der Waals surface area contributed by atoms with Crippen LogP contribution in [-0.4, -0.2) is 20.4 Å². The summed E-state index contributed by atoms with van der Waals surface area (Å²) in [4.78, 5) is 37.0. The van der Waals surface area contributed by atoms with E-state index in [-0.39, 0.29) is 18.0 Å². The summed E-state index contributed by atoms with van der Waals surface area (Å²) in [6.07, 6.45) is 1.56. The van der Waals surface area contributed by atoms with Crippen molar-refractivity contribution in [3.8, 4) is 10.4 Å². The van der Waals surface area contributed by atoms with Gasteiger partial charge in [-0.15, -0.1) is 22.7 Å². The zero-order valence-electron chi connectivity index (χ0n) is 17.1. The number of rotatable bonds is 5. The monoisotopic (exact) mass is 458 g/mol.